The molecule has 0 aliphatic rings. The maximum atomic E-state index is 13.8. The molecular formula is C16H14F2N2. The quantitative estimate of drug-likeness (QED) is 0.852. The van der Waals surface area contributed by atoms with Crippen molar-refractivity contribution in [3.05, 3.63) is 70.8 Å². The van der Waals surface area contributed by atoms with E-state index < -0.39 is 0 Å². The van der Waals surface area contributed by atoms with Gasteiger partial charge in [-0.15, -0.1) is 0 Å². The van der Waals surface area contributed by atoms with Crippen LogP contribution in [0.25, 0.3) is 0 Å². The van der Waals surface area contributed by atoms with Crippen molar-refractivity contribution in [2.24, 2.45) is 0 Å². The van der Waals surface area contributed by atoms with Crippen LogP contribution in [0.1, 0.15) is 16.7 Å². The van der Waals surface area contributed by atoms with Gasteiger partial charge in [0.05, 0.1) is 11.6 Å². The Hall–Kier alpha value is -2.25. The molecule has 2 rings (SSSR count). The van der Waals surface area contributed by atoms with E-state index in [0.717, 1.165) is 5.56 Å². The maximum absolute atomic E-state index is 13.8. The molecule has 2 aromatic carbocycles. The normalized spacial score (nSPS) is 10.6. The van der Waals surface area contributed by atoms with Crippen LogP contribution < -0.4 is 0 Å². The zero-order valence-electron chi connectivity index (χ0n) is 11.1. The molecule has 0 aromatic heterocycles. The van der Waals surface area contributed by atoms with Gasteiger partial charge in [0.15, 0.2) is 0 Å². The van der Waals surface area contributed by atoms with Crippen LogP contribution in [0.15, 0.2) is 42.5 Å². The van der Waals surface area contributed by atoms with E-state index in [-0.39, 0.29) is 11.6 Å². The van der Waals surface area contributed by atoms with E-state index in [2.05, 4.69) is 0 Å². The van der Waals surface area contributed by atoms with Gasteiger partial charge in [-0.1, -0.05) is 18.2 Å². The molecule has 4 heteroatoms. The molecule has 0 N–H and O–H groups in total. The first-order valence-electron chi connectivity index (χ1n) is 6.20. The summed E-state index contributed by atoms with van der Waals surface area (Å²) in [5.41, 5.74) is 1.81. The molecule has 0 aliphatic heterocycles. The van der Waals surface area contributed by atoms with E-state index in [4.69, 9.17) is 5.26 Å². The lowest BCUT2D eigenvalue weighted by molar-refractivity contribution is 0.313. The third-order valence-electron chi connectivity index (χ3n) is 2.99. The Morgan fingerprint density at radius 2 is 1.75 bits per heavy atom. The minimum absolute atomic E-state index is 0.269. The van der Waals surface area contributed by atoms with Gasteiger partial charge < -0.3 is 0 Å². The monoisotopic (exact) mass is 272 g/mol. The van der Waals surface area contributed by atoms with Gasteiger partial charge in [-0.2, -0.15) is 5.26 Å². The molecule has 20 heavy (non-hydrogen) atoms. The van der Waals surface area contributed by atoms with Crippen molar-refractivity contribution in [2.75, 3.05) is 7.05 Å². The van der Waals surface area contributed by atoms with Crippen LogP contribution in [0.2, 0.25) is 0 Å². The average Bonchev–Trinajstić information content (AvgIpc) is 2.43. The van der Waals surface area contributed by atoms with Crippen molar-refractivity contribution >= 4 is 0 Å². The van der Waals surface area contributed by atoms with Gasteiger partial charge in [-0.25, -0.2) is 8.78 Å². The second-order valence-corrected chi connectivity index (χ2v) is 4.72. The Bertz CT molecular complexity index is 630. The molecule has 2 nitrogen and oxygen atoms in total. The molecule has 0 saturated carbocycles. The van der Waals surface area contributed by atoms with Crippen LogP contribution >= 0.6 is 0 Å². The SMILES string of the molecule is CN(Cc1ccc(F)cc1)Cc1ccc(C#N)cc1F. The van der Waals surface area contributed by atoms with E-state index in [1.807, 2.05) is 18.0 Å². The van der Waals surface area contributed by atoms with Crippen molar-refractivity contribution in [1.82, 2.24) is 4.90 Å². The van der Waals surface area contributed by atoms with Crippen molar-refractivity contribution in [3.8, 4) is 6.07 Å². The molecule has 0 unspecified atom stereocenters. The summed E-state index contributed by atoms with van der Waals surface area (Å²) in [6.45, 7) is 1.02. The van der Waals surface area contributed by atoms with E-state index in [1.165, 1.54) is 18.2 Å². The molecule has 0 amide bonds. The molecule has 0 spiro atoms. The molecule has 2 aromatic rings. The average molecular weight is 272 g/mol. The van der Waals surface area contributed by atoms with Gasteiger partial charge in [-0.05, 0) is 36.9 Å². The van der Waals surface area contributed by atoms with Gasteiger partial charge in [-0.3, -0.25) is 4.90 Å². The Morgan fingerprint density at radius 3 is 2.35 bits per heavy atom. The van der Waals surface area contributed by atoms with Crippen molar-refractivity contribution in [1.29, 1.82) is 5.26 Å². The number of hydrogen-bond acceptors (Lipinski definition) is 2. The van der Waals surface area contributed by atoms with Gasteiger partial charge in [0.1, 0.15) is 11.6 Å². The Morgan fingerprint density at radius 1 is 1.05 bits per heavy atom. The Balaban J connectivity index is 2.03. The van der Waals surface area contributed by atoms with E-state index in [0.29, 0.717) is 24.2 Å². The minimum Gasteiger partial charge on any atom is -0.298 e. The highest BCUT2D eigenvalue weighted by atomic mass is 19.1. The van der Waals surface area contributed by atoms with Crippen molar-refractivity contribution in [2.45, 2.75) is 13.1 Å². The zero-order chi connectivity index (χ0) is 14.5. The number of nitrogens with zero attached hydrogens (tertiary/aromatic N) is 2. The van der Waals surface area contributed by atoms with E-state index in [9.17, 15) is 8.78 Å². The zero-order valence-corrected chi connectivity index (χ0v) is 11.1. The van der Waals surface area contributed by atoms with Gasteiger partial charge >= 0.3 is 0 Å². The third kappa shape index (κ3) is 3.62. The Kier molecular flexibility index (Phi) is 4.44. The molecule has 0 saturated heterocycles. The molecule has 0 aliphatic carbocycles. The fraction of sp³-hybridized carbons (Fsp3) is 0.188. The van der Waals surface area contributed by atoms with Gasteiger partial charge in [0.25, 0.3) is 0 Å². The van der Waals surface area contributed by atoms with Gasteiger partial charge in [0, 0.05) is 18.7 Å². The minimum atomic E-state index is -0.380. The number of halogens is 2. The smallest absolute Gasteiger partial charge is 0.129 e. The summed E-state index contributed by atoms with van der Waals surface area (Å²) in [5.74, 6) is -0.649. The topological polar surface area (TPSA) is 27.0 Å². The molecule has 0 radical (unpaired) electrons. The predicted molar refractivity (Wildman–Crippen MR) is 72.7 cm³/mol. The summed E-state index contributed by atoms with van der Waals surface area (Å²) in [6, 6.07) is 12.6. The number of benzene rings is 2. The van der Waals surface area contributed by atoms with Crippen molar-refractivity contribution < 1.29 is 8.78 Å². The van der Waals surface area contributed by atoms with E-state index >= 15 is 0 Å². The summed E-state index contributed by atoms with van der Waals surface area (Å²) < 4.78 is 26.6. The summed E-state index contributed by atoms with van der Waals surface area (Å²) in [6.07, 6.45) is 0. The first-order valence-corrected chi connectivity index (χ1v) is 6.20. The maximum Gasteiger partial charge on any atom is 0.129 e. The van der Waals surface area contributed by atoms with Crippen LogP contribution in [-0.2, 0) is 13.1 Å². The fourth-order valence-electron chi connectivity index (χ4n) is 1.99. The number of rotatable bonds is 4. The molecule has 0 bridgehead atoms. The van der Waals surface area contributed by atoms with Crippen LogP contribution in [0, 0.1) is 23.0 Å². The largest absolute Gasteiger partial charge is 0.298 e. The summed E-state index contributed by atoms with van der Waals surface area (Å²) in [5, 5.41) is 8.69. The van der Waals surface area contributed by atoms with Crippen LogP contribution in [0.5, 0.6) is 0 Å². The first kappa shape index (κ1) is 14.2. The number of nitriles is 1. The summed E-state index contributed by atoms with van der Waals surface area (Å²) in [4.78, 5) is 1.93. The third-order valence-corrected chi connectivity index (χ3v) is 2.99. The lowest BCUT2D eigenvalue weighted by Crippen LogP contribution is -2.18. The van der Waals surface area contributed by atoms with Gasteiger partial charge in [0.2, 0.25) is 0 Å². The van der Waals surface area contributed by atoms with Crippen LogP contribution in [0.4, 0.5) is 8.78 Å². The van der Waals surface area contributed by atoms with Crippen LogP contribution in [-0.4, -0.2) is 11.9 Å². The molecule has 0 fully saturated rings. The summed E-state index contributed by atoms with van der Waals surface area (Å²) in [7, 11) is 1.86. The molecule has 0 atom stereocenters. The fourth-order valence-corrected chi connectivity index (χ4v) is 1.99. The summed E-state index contributed by atoms with van der Waals surface area (Å²) >= 11 is 0. The second kappa shape index (κ2) is 6.27. The van der Waals surface area contributed by atoms with Crippen molar-refractivity contribution in [3.63, 3.8) is 0 Å². The molecular weight excluding hydrogens is 258 g/mol. The highest BCUT2D eigenvalue weighted by Gasteiger charge is 2.07. The highest BCUT2D eigenvalue weighted by molar-refractivity contribution is 5.32. The molecule has 0 heterocycles. The highest BCUT2D eigenvalue weighted by Crippen LogP contribution is 2.14. The predicted octanol–water partition coefficient (Wildman–Crippen LogP) is 3.47. The first-order chi connectivity index (χ1) is 9.58. The standard InChI is InChI=1S/C16H14F2N2/c1-20(10-12-3-6-15(17)7-4-12)11-14-5-2-13(9-19)8-16(14)18/h2-8H,10-11H2,1H3. The van der Waals surface area contributed by atoms with Crippen LogP contribution in [0.3, 0.4) is 0 Å². The number of hydrogen-bond donors (Lipinski definition) is 0. The Labute approximate surface area is 116 Å². The lowest BCUT2D eigenvalue weighted by atomic mass is 10.1. The lowest BCUT2D eigenvalue weighted by Gasteiger charge is -2.17. The second-order valence-electron chi connectivity index (χ2n) is 4.72. The van der Waals surface area contributed by atoms with E-state index in [1.54, 1.807) is 24.3 Å². The molecule has 102 valence electrons.